The fraction of sp³-hybridized carbons (Fsp3) is 0.400. The third-order valence-corrected chi connectivity index (χ3v) is 1.70. The van der Waals surface area contributed by atoms with E-state index >= 15 is 0 Å². The van der Waals surface area contributed by atoms with E-state index in [9.17, 15) is 4.39 Å². The lowest BCUT2D eigenvalue weighted by Crippen LogP contribution is -2.02. The van der Waals surface area contributed by atoms with Crippen molar-refractivity contribution in [3.8, 4) is 11.5 Å². The molecule has 0 radical (unpaired) electrons. The quantitative estimate of drug-likeness (QED) is 0.733. The maximum atomic E-state index is 13.2. The van der Waals surface area contributed by atoms with Crippen LogP contribution in [0.3, 0.4) is 0 Å². The van der Waals surface area contributed by atoms with Gasteiger partial charge >= 0.3 is 0 Å². The summed E-state index contributed by atoms with van der Waals surface area (Å²) in [5.74, 6) is 0.00804. The van der Waals surface area contributed by atoms with Crippen LogP contribution in [0.1, 0.15) is 6.42 Å². The zero-order valence-electron chi connectivity index (χ0n) is 8.00. The van der Waals surface area contributed by atoms with Crippen LogP contribution in [0.2, 0.25) is 0 Å². The van der Waals surface area contributed by atoms with E-state index < -0.39 is 5.82 Å². The number of methoxy groups -OCH3 is 1. The van der Waals surface area contributed by atoms with Gasteiger partial charge in [-0.15, -0.1) is 0 Å². The molecule has 1 rings (SSSR count). The first kappa shape index (κ1) is 10.8. The maximum Gasteiger partial charge on any atom is 0.197 e. The topological polar surface area (TPSA) is 38.7 Å². The first-order chi connectivity index (χ1) is 6.79. The van der Waals surface area contributed by atoms with Gasteiger partial charge in [0.1, 0.15) is 0 Å². The molecule has 0 aliphatic carbocycles. The van der Waals surface area contributed by atoms with Gasteiger partial charge in [-0.1, -0.05) is 6.07 Å². The summed E-state index contributed by atoms with van der Waals surface area (Å²) in [5, 5.41) is 8.54. The summed E-state index contributed by atoms with van der Waals surface area (Å²) in [6.45, 7) is 0.296. The van der Waals surface area contributed by atoms with Gasteiger partial charge in [0.25, 0.3) is 0 Å². The number of rotatable bonds is 5. The maximum absolute atomic E-state index is 13.2. The summed E-state index contributed by atoms with van der Waals surface area (Å²) in [5.41, 5.74) is 0. The fourth-order valence-electron chi connectivity index (χ4n) is 1.03. The normalized spacial score (nSPS) is 9.93. The van der Waals surface area contributed by atoms with Crippen molar-refractivity contribution < 1.29 is 19.0 Å². The lowest BCUT2D eigenvalue weighted by molar-refractivity contribution is 0.222. The standard InChI is InChI=1S/C10H13FO3/c1-13-9-5-2-4-8(11)10(9)14-7-3-6-12/h2,4-5,12H,3,6-7H2,1H3. The molecule has 1 aromatic carbocycles. The molecule has 0 heterocycles. The van der Waals surface area contributed by atoms with Crippen molar-refractivity contribution in [1.29, 1.82) is 0 Å². The third-order valence-electron chi connectivity index (χ3n) is 1.70. The van der Waals surface area contributed by atoms with Crippen LogP contribution in [-0.2, 0) is 0 Å². The highest BCUT2D eigenvalue weighted by Crippen LogP contribution is 2.29. The van der Waals surface area contributed by atoms with Gasteiger partial charge in [0.15, 0.2) is 17.3 Å². The van der Waals surface area contributed by atoms with E-state index in [1.165, 1.54) is 13.2 Å². The molecule has 0 unspecified atom stereocenters. The predicted octanol–water partition coefficient (Wildman–Crippen LogP) is 1.60. The van der Waals surface area contributed by atoms with Gasteiger partial charge in [-0.25, -0.2) is 4.39 Å². The number of aliphatic hydroxyl groups is 1. The van der Waals surface area contributed by atoms with Crippen LogP contribution in [0.5, 0.6) is 11.5 Å². The molecular formula is C10H13FO3. The van der Waals surface area contributed by atoms with E-state index in [1.807, 2.05) is 0 Å². The Morgan fingerprint density at radius 3 is 2.86 bits per heavy atom. The summed E-state index contributed by atoms with van der Waals surface area (Å²) < 4.78 is 23.3. The summed E-state index contributed by atoms with van der Waals surface area (Å²) in [4.78, 5) is 0. The minimum atomic E-state index is -0.456. The van der Waals surface area contributed by atoms with E-state index in [0.29, 0.717) is 12.2 Å². The molecule has 0 aromatic heterocycles. The van der Waals surface area contributed by atoms with Crippen molar-refractivity contribution >= 4 is 0 Å². The van der Waals surface area contributed by atoms with E-state index in [4.69, 9.17) is 14.6 Å². The highest BCUT2D eigenvalue weighted by Gasteiger charge is 2.09. The number of halogens is 1. The molecule has 0 atom stereocenters. The largest absolute Gasteiger partial charge is 0.493 e. The minimum absolute atomic E-state index is 0.0246. The molecule has 1 N–H and O–H groups in total. The van der Waals surface area contributed by atoms with Crippen LogP contribution in [0.4, 0.5) is 4.39 Å². The van der Waals surface area contributed by atoms with Gasteiger partial charge in [0.2, 0.25) is 0 Å². The SMILES string of the molecule is COc1cccc(F)c1OCCCO. The van der Waals surface area contributed by atoms with E-state index in [1.54, 1.807) is 12.1 Å². The number of para-hydroxylation sites is 1. The highest BCUT2D eigenvalue weighted by molar-refractivity contribution is 5.40. The molecular weight excluding hydrogens is 187 g/mol. The van der Waals surface area contributed by atoms with Gasteiger partial charge in [-0.2, -0.15) is 0 Å². The van der Waals surface area contributed by atoms with Crippen molar-refractivity contribution in [2.24, 2.45) is 0 Å². The Hall–Kier alpha value is -1.29. The average Bonchev–Trinajstić information content (AvgIpc) is 2.20. The lowest BCUT2D eigenvalue weighted by atomic mass is 10.3. The Balaban J connectivity index is 2.72. The summed E-state index contributed by atoms with van der Waals surface area (Å²) in [6.07, 6.45) is 0.470. The Morgan fingerprint density at radius 2 is 2.21 bits per heavy atom. The van der Waals surface area contributed by atoms with Crippen LogP contribution in [0.25, 0.3) is 0 Å². The van der Waals surface area contributed by atoms with Crippen molar-refractivity contribution in [3.63, 3.8) is 0 Å². The molecule has 1 aromatic rings. The van der Waals surface area contributed by atoms with Gasteiger partial charge < -0.3 is 14.6 Å². The smallest absolute Gasteiger partial charge is 0.197 e. The molecule has 0 saturated heterocycles. The second-order valence-corrected chi connectivity index (χ2v) is 2.70. The molecule has 3 nitrogen and oxygen atoms in total. The third kappa shape index (κ3) is 2.60. The molecule has 0 aliphatic heterocycles. The van der Waals surface area contributed by atoms with Gasteiger partial charge in [0, 0.05) is 13.0 Å². The van der Waals surface area contributed by atoms with Crippen LogP contribution in [0, 0.1) is 5.82 Å². The van der Waals surface area contributed by atoms with Crippen LogP contribution < -0.4 is 9.47 Å². The zero-order valence-corrected chi connectivity index (χ0v) is 8.00. The number of hydrogen-bond donors (Lipinski definition) is 1. The molecule has 4 heteroatoms. The Kier molecular flexibility index (Phi) is 4.19. The molecule has 0 amide bonds. The van der Waals surface area contributed by atoms with E-state index in [2.05, 4.69) is 0 Å². The molecule has 0 saturated carbocycles. The van der Waals surface area contributed by atoms with Crippen LogP contribution >= 0.6 is 0 Å². The van der Waals surface area contributed by atoms with Gasteiger partial charge in [0.05, 0.1) is 13.7 Å². The summed E-state index contributed by atoms with van der Waals surface area (Å²) in [7, 11) is 1.45. The zero-order chi connectivity index (χ0) is 10.4. The summed E-state index contributed by atoms with van der Waals surface area (Å²) >= 11 is 0. The second-order valence-electron chi connectivity index (χ2n) is 2.70. The number of benzene rings is 1. The molecule has 0 bridgehead atoms. The Morgan fingerprint density at radius 1 is 1.43 bits per heavy atom. The van der Waals surface area contributed by atoms with Crippen molar-refractivity contribution in [2.75, 3.05) is 20.3 Å². The molecule has 0 spiro atoms. The molecule has 0 fully saturated rings. The van der Waals surface area contributed by atoms with Crippen molar-refractivity contribution in [2.45, 2.75) is 6.42 Å². The molecule has 78 valence electrons. The summed E-state index contributed by atoms with van der Waals surface area (Å²) in [6, 6.07) is 4.47. The van der Waals surface area contributed by atoms with Crippen LogP contribution in [-0.4, -0.2) is 25.4 Å². The monoisotopic (exact) mass is 200 g/mol. The first-order valence-electron chi connectivity index (χ1n) is 4.35. The first-order valence-corrected chi connectivity index (χ1v) is 4.35. The van der Waals surface area contributed by atoms with Crippen LogP contribution in [0.15, 0.2) is 18.2 Å². The fourth-order valence-corrected chi connectivity index (χ4v) is 1.03. The van der Waals surface area contributed by atoms with Crippen molar-refractivity contribution in [1.82, 2.24) is 0 Å². The average molecular weight is 200 g/mol. The molecule has 0 aliphatic rings. The van der Waals surface area contributed by atoms with Crippen molar-refractivity contribution in [3.05, 3.63) is 24.0 Å². The Bertz CT molecular complexity index is 289. The van der Waals surface area contributed by atoms with Gasteiger partial charge in [-0.05, 0) is 12.1 Å². The number of hydrogen-bond acceptors (Lipinski definition) is 3. The Labute approximate surface area is 82.1 Å². The minimum Gasteiger partial charge on any atom is -0.493 e. The number of aliphatic hydroxyl groups excluding tert-OH is 1. The second kappa shape index (κ2) is 5.44. The van der Waals surface area contributed by atoms with Gasteiger partial charge in [-0.3, -0.25) is 0 Å². The molecule has 14 heavy (non-hydrogen) atoms. The highest BCUT2D eigenvalue weighted by atomic mass is 19.1. The predicted molar refractivity (Wildman–Crippen MR) is 50.1 cm³/mol. The van der Waals surface area contributed by atoms with E-state index in [-0.39, 0.29) is 19.0 Å². The lowest BCUT2D eigenvalue weighted by Gasteiger charge is -2.10. The van der Waals surface area contributed by atoms with E-state index in [0.717, 1.165) is 0 Å². The number of ether oxygens (including phenoxy) is 2.